The molecule has 0 bridgehead atoms. The van der Waals surface area contributed by atoms with Gasteiger partial charge in [-0.1, -0.05) is 66.2 Å². The zero-order valence-corrected chi connectivity index (χ0v) is 13.3. The Morgan fingerprint density at radius 1 is 0.958 bits per heavy atom. The van der Waals surface area contributed by atoms with Gasteiger partial charge in [-0.15, -0.1) is 0 Å². The summed E-state index contributed by atoms with van der Waals surface area (Å²) in [6.07, 6.45) is 4.33. The third-order valence-electron chi connectivity index (χ3n) is 3.86. The molecule has 0 atom stereocenters. The monoisotopic (exact) mass is 333 g/mol. The maximum Gasteiger partial charge on any atom is 0.174 e. The SMILES string of the molecule is O=Cc1ccc(-c2nc3c(Cl)cnn3cc2-c2ccccc2)cc1. The molecule has 0 saturated carbocycles. The van der Waals surface area contributed by atoms with E-state index in [1.165, 1.54) is 0 Å². The number of carbonyl (C=O) groups excluding carboxylic acids is 1. The summed E-state index contributed by atoms with van der Waals surface area (Å²) >= 11 is 6.19. The van der Waals surface area contributed by atoms with Crippen LogP contribution < -0.4 is 0 Å². The van der Waals surface area contributed by atoms with E-state index in [1.54, 1.807) is 22.8 Å². The number of hydrogen-bond donors (Lipinski definition) is 0. The fraction of sp³-hybridized carbons (Fsp3) is 0. The van der Waals surface area contributed by atoms with Crippen LogP contribution in [0.15, 0.2) is 67.0 Å². The lowest BCUT2D eigenvalue weighted by molar-refractivity contribution is 0.112. The molecule has 5 heteroatoms. The summed E-state index contributed by atoms with van der Waals surface area (Å²) in [5, 5.41) is 4.74. The predicted molar refractivity (Wildman–Crippen MR) is 94.3 cm³/mol. The van der Waals surface area contributed by atoms with Crippen molar-refractivity contribution in [2.45, 2.75) is 0 Å². The van der Waals surface area contributed by atoms with Gasteiger partial charge in [-0.25, -0.2) is 9.50 Å². The van der Waals surface area contributed by atoms with Crippen molar-refractivity contribution in [2.24, 2.45) is 0 Å². The maximum atomic E-state index is 10.9. The minimum Gasteiger partial charge on any atom is -0.298 e. The van der Waals surface area contributed by atoms with Crippen LogP contribution >= 0.6 is 11.6 Å². The number of carbonyl (C=O) groups is 1. The minimum atomic E-state index is 0.500. The number of aromatic nitrogens is 3. The van der Waals surface area contributed by atoms with Gasteiger partial charge in [0.2, 0.25) is 0 Å². The maximum absolute atomic E-state index is 10.9. The van der Waals surface area contributed by atoms with Crippen LogP contribution in [-0.4, -0.2) is 20.9 Å². The van der Waals surface area contributed by atoms with Crippen LogP contribution in [0.2, 0.25) is 5.02 Å². The van der Waals surface area contributed by atoms with Crippen LogP contribution in [0.4, 0.5) is 0 Å². The average molecular weight is 334 g/mol. The molecule has 2 aromatic heterocycles. The molecule has 24 heavy (non-hydrogen) atoms. The molecule has 0 amide bonds. The summed E-state index contributed by atoms with van der Waals surface area (Å²) < 4.78 is 1.67. The number of nitrogens with zero attached hydrogens (tertiary/aromatic N) is 3. The van der Waals surface area contributed by atoms with Gasteiger partial charge >= 0.3 is 0 Å². The largest absolute Gasteiger partial charge is 0.298 e. The lowest BCUT2D eigenvalue weighted by Crippen LogP contribution is -1.97. The molecule has 116 valence electrons. The number of fused-ring (bicyclic) bond motifs is 1. The van der Waals surface area contributed by atoms with Crippen LogP contribution in [-0.2, 0) is 0 Å². The number of aldehydes is 1. The molecule has 0 fully saturated rings. The molecular formula is C19H12ClN3O. The Bertz CT molecular complexity index is 1020. The van der Waals surface area contributed by atoms with Gasteiger partial charge in [-0.05, 0) is 5.56 Å². The quantitative estimate of drug-likeness (QED) is 0.517. The highest BCUT2D eigenvalue weighted by atomic mass is 35.5. The number of rotatable bonds is 3. The highest BCUT2D eigenvalue weighted by Crippen LogP contribution is 2.32. The molecule has 0 radical (unpaired) electrons. The molecule has 0 spiro atoms. The highest BCUT2D eigenvalue weighted by molar-refractivity contribution is 6.33. The smallest absolute Gasteiger partial charge is 0.174 e. The molecule has 0 saturated heterocycles. The first-order valence-electron chi connectivity index (χ1n) is 7.41. The third kappa shape index (κ3) is 2.47. The summed E-state index contributed by atoms with van der Waals surface area (Å²) in [7, 11) is 0. The van der Waals surface area contributed by atoms with E-state index in [0.717, 1.165) is 28.7 Å². The second-order valence-corrected chi connectivity index (χ2v) is 5.78. The third-order valence-corrected chi connectivity index (χ3v) is 4.12. The molecule has 0 unspecified atom stereocenters. The summed E-state index contributed by atoms with van der Waals surface area (Å²) in [4.78, 5) is 15.6. The molecule has 4 rings (SSSR count). The van der Waals surface area contributed by atoms with Gasteiger partial charge in [0, 0.05) is 22.9 Å². The molecule has 0 aliphatic carbocycles. The first kappa shape index (κ1) is 14.6. The van der Waals surface area contributed by atoms with Crippen LogP contribution in [0, 0.1) is 0 Å². The zero-order valence-electron chi connectivity index (χ0n) is 12.6. The summed E-state index contributed by atoms with van der Waals surface area (Å²) in [6.45, 7) is 0. The summed E-state index contributed by atoms with van der Waals surface area (Å²) in [6, 6.07) is 17.3. The van der Waals surface area contributed by atoms with Crippen molar-refractivity contribution in [3.63, 3.8) is 0 Å². The Kier molecular flexibility index (Phi) is 3.59. The van der Waals surface area contributed by atoms with Crippen molar-refractivity contribution < 1.29 is 4.79 Å². The minimum absolute atomic E-state index is 0.500. The fourth-order valence-corrected chi connectivity index (χ4v) is 2.82. The first-order valence-corrected chi connectivity index (χ1v) is 7.79. The van der Waals surface area contributed by atoms with Gasteiger partial charge in [-0.3, -0.25) is 4.79 Å². The second kappa shape index (κ2) is 5.91. The Labute approximate surface area is 143 Å². The van der Waals surface area contributed by atoms with Crippen molar-refractivity contribution in [1.29, 1.82) is 0 Å². The van der Waals surface area contributed by atoms with Crippen molar-refractivity contribution in [1.82, 2.24) is 14.6 Å². The van der Waals surface area contributed by atoms with Crippen molar-refractivity contribution in [2.75, 3.05) is 0 Å². The predicted octanol–water partition coefficient (Wildman–Crippen LogP) is 4.53. The number of hydrogen-bond acceptors (Lipinski definition) is 3. The van der Waals surface area contributed by atoms with Crippen molar-refractivity contribution >= 4 is 23.5 Å². The van der Waals surface area contributed by atoms with E-state index in [2.05, 4.69) is 5.10 Å². The first-order chi connectivity index (χ1) is 11.8. The molecule has 4 nitrogen and oxygen atoms in total. The van der Waals surface area contributed by atoms with Crippen LogP contribution in [0.3, 0.4) is 0 Å². The van der Waals surface area contributed by atoms with E-state index < -0.39 is 0 Å². The van der Waals surface area contributed by atoms with Crippen LogP contribution in [0.1, 0.15) is 10.4 Å². The molecule has 2 heterocycles. The molecule has 2 aromatic carbocycles. The Morgan fingerprint density at radius 2 is 1.71 bits per heavy atom. The van der Waals surface area contributed by atoms with E-state index in [4.69, 9.17) is 16.6 Å². The van der Waals surface area contributed by atoms with Gasteiger partial charge in [0.25, 0.3) is 0 Å². The lowest BCUT2D eigenvalue weighted by atomic mass is 10.00. The molecular weight excluding hydrogens is 322 g/mol. The van der Waals surface area contributed by atoms with E-state index in [1.807, 2.05) is 48.7 Å². The average Bonchev–Trinajstić information content (AvgIpc) is 3.02. The van der Waals surface area contributed by atoms with Gasteiger partial charge in [-0.2, -0.15) is 5.10 Å². The fourth-order valence-electron chi connectivity index (χ4n) is 2.65. The van der Waals surface area contributed by atoms with Crippen molar-refractivity contribution in [3.05, 3.63) is 77.6 Å². The van der Waals surface area contributed by atoms with Gasteiger partial charge in [0.05, 0.1) is 11.9 Å². The number of halogens is 1. The Morgan fingerprint density at radius 3 is 2.42 bits per heavy atom. The molecule has 0 N–H and O–H groups in total. The lowest BCUT2D eigenvalue weighted by Gasteiger charge is -2.10. The van der Waals surface area contributed by atoms with Crippen LogP contribution in [0.5, 0.6) is 0 Å². The Balaban J connectivity index is 1.99. The van der Waals surface area contributed by atoms with E-state index in [9.17, 15) is 4.79 Å². The normalized spacial score (nSPS) is 10.9. The molecule has 0 aliphatic heterocycles. The summed E-state index contributed by atoms with van der Waals surface area (Å²) in [5.41, 5.74) is 4.93. The Hall–Kier alpha value is -2.98. The van der Waals surface area contributed by atoms with E-state index in [0.29, 0.717) is 16.2 Å². The van der Waals surface area contributed by atoms with Gasteiger partial charge < -0.3 is 0 Å². The zero-order chi connectivity index (χ0) is 16.5. The van der Waals surface area contributed by atoms with Crippen LogP contribution in [0.25, 0.3) is 28.0 Å². The van der Waals surface area contributed by atoms with Gasteiger partial charge in [0.1, 0.15) is 11.3 Å². The second-order valence-electron chi connectivity index (χ2n) is 5.37. The van der Waals surface area contributed by atoms with E-state index in [-0.39, 0.29) is 0 Å². The molecule has 4 aromatic rings. The van der Waals surface area contributed by atoms with E-state index >= 15 is 0 Å². The van der Waals surface area contributed by atoms with Gasteiger partial charge in [0.15, 0.2) is 5.65 Å². The number of benzene rings is 2. The summed E-state index contributed by atoms with van der Waals surface area (Å²) in [5.74, 6) is 0. The molecule has 0 aliphatic rings. The van der Waals surface area contributed by atoms with Crippen molar-refractivity contribution in [3.8, 4) is 22.4 Å². The highest BCUT2D eigenvalue weighted by Gasteiger charge is 2.14. The standard InChI is InChI=1S/C19H12ClN3O/c20-17-10-21-23-11-16(14-4-2-1-3-5-14)18(22-19(17)23)15-8-6-13(12-24)7-9-15/h1-12H. The topological polar surface area (TPSA) is 47.3 Å².